The fraction of sp³-hybridized carbons (Fsp3) is 0.0455. The summed E-state index contributed by atoms with van der Waals surface area (Å²) < 4.78 is 0. The van der Waals surface area contributed by atoms with Crippen LogP contribution in [0.4, 0.5) is 22.7 Å². The summed E-state index contributed by atoms with van der Waals surface area (Å²) in [6.45, 7) is 0. The third-order valence-electron chi connectivity index (χ3n) is 10.5. The smallest absolute Gasteiger partial charge is 0.269 e. The van der Waals surface area contributed by atoms with Crippen LogP contribution in [0.2, 0.25) is 0 Å². The molecule has 0 unspecified atom stereocenters. The van der Waals surface area contributed by atoms with Gasteiger partial charge in [0.15, 0.2) is 0 Å². The quantitative estimate of drug-likeness (QED) is 0.110. The SMILES string of the molecule is O=[N+]([O-])c1ccc(-c2c3nc(c(-c4ccc([N+](=O)[O-])cc4)c4[nH]c(c(-c5ccc([N+](=O)[O-])cc5)c5nc(c(-c6ccc([N+](=O)[O-])cc6)c6[nH]c2CC=6)C=C5)CC=4)C=C3)cc1. The summed E-state index contributed by atoms with van der Waals surface area (Å²) in [4.78, 5) is 62.1. The summed E-state index contributed by atoms with van der Waals surface area (Å²) in [5.41, 5.74) is 8.56. The van der Waals surface area contributed by atoms with Gasteiger partial charge < -0.3 is 9.97 Å². The zero-order valence-electron chi connectivity index (χ0n) is 31.1. The van der Waals surface area contributed by atoms with E-state index in [0.29, 0.717) is 90.8 Å². The molecule has 292 valence electrons. The van der Waals surface area contributed by atoms with Gasteiger partial charge in [-0.25, -0.2) is 9.97 Å². The minimum absolute atomic E-state index is 0.0798. The second kappa shape index (κ2) is 14.7. The van der Waals surface area contributed by atoms with Gasteiger partial charge in [-0.05, 0) is 95.1 Å². The van der Waals surface area contributed by atoms with Crippen LogP contribution in [0.25, 0.3) is 81.0 Å². The predicted octanol–water partition coefficient (Wildman–Crippen LogP) is 8.45. The summed E-state index contributed by atoms with van der Waals surface area (Å²) in [5, 5.41) is 47.8. The average molecular weight is 797 g/mol. The molecule has 5 aromatic rings. The summed E-state index contributed by atoms with van der Waals surface area (Å²) in [5.74, 6) is 0. The molecule has 9 rings (SSSR count). The first-order chi connectivity index (χ1) is 29.0. The molecule has 0 saturated heterocycles. The first kappa shape index (κ1) is 36.9. The van der Waals surface area contributed by atoms with E-state index in [1.54, 1.807) is 48.5 Å². The third kappa shape index (κ3) is 6.68. The van der Waals surface area contributed by atoms with Gasteiger partial charge in [-0.2, -0.15) is 0 Å². The molecule has 0 saturated carbocycles. The number of nitrogens with zero attached hydrogens (tertiary/aromatic N) is 6. The minimum atomic E-state index is -0.470. The number of benzene rings is 4. The van der Waals surface area contributed by atoms with Gasteiger partial charge in [0.2, 0.25) is 0 Å². The van der Waals surface area contributed by atoms with Gasteiger partial charge in [0, 0.05) is 106 Å². The number of H-pyrrole nitrogens is 2. The number of non-ortho nitro benzene ring substituents is 4. The van der Waals surface area contributed by atoms with E-state index in [4.69, 9.17) is 9.97 Å². The lowest BCUT2D eigenvalue weighted by molar-refractivity contribution is -0.385. The van der Waals surface area contributed by atoms with Gasteiger partial charge in [-0.3, -0.25) is 40.5 Å². The normalized spacial score (nSPS) is 12.5. The molecule has 0 atom stereocenters. The molecule has 2 N–H and O–H groups in total. The summed E-state index contributed by atoms with van der Waals surface area (Å²) in [6.07, 6.45) is 12.1. The second-order valence-corrected chi connectivity index (χ2v) is 14.0. The Hall–Kier alpha value is -8.66. The molecule has 4 aliphatic rings. The van der Waals surface area contributed by atoms with Crippen molar-refractivity contribution in [3.63, 3.8) is 0 Å². The fourth-order valence-corrected chi connectivity index (χ4v) is 7.71. The highest BCUT2D eigenvalue weighted by Crippen LogP contribution is 2.36. The van der Waals surface area contributed by atoms with E-state index in [0.717, 1.165) is 11.4 Å². The molecule has 4 aromatic carbocycles. The average Bonchev–Trinajstić information content (AvgIpc) is 4.10. The maximum absolute atomic E-state index is 11.6. The first-order valence-electron chi connectivity index (χ1n) is 18.5. The van der Waals surface area contributed by atoms with Crippen LogP contribution in [0, 0.1) is 40.5 Å². The largest absolute Gasteiger partial charge is 0.358 e. The van der Waals surface area contributed by atoms with E-state index in [2.05, 4.69) is 9.97 Å². The van der Waals surface area contributed by atoms with Crippen LogP contribution in [0.5, 0.6) is 0 Å². The van der Waals surface area contributed by atoms with E-state index in [9.17, 15) is 40.5 Å². The Bertz CT molecular complexity index is 2920. The van der Waals surface area contributed by atoms with Crippen molar-refractivity contribution in [3.05, 3.63) is 182 Å². The van der Waals surface area contributed by atoms with E-state index in [-0.39, 0.29) is 22.7 Å². The highest BCUT2D eigenvalue weighted by Gasteiger charge is 2.22. The summed E-state index contributed by atoms with van der Waals surface area (Å²) >= 11 is 0. The predicted molar refractivity (Wildman–Crippen MR) is 225 cm³/mol. The molecule has 1 aromatic heterocycles. The van der Waals surface area contributed by atoms with Gasteiger partial charge in [0.05, 0.1) is 42.5 Å². The van der Waals surface area contributed by atoms with Crippen LogP contribution in [-0.4, -0.2) is 39.6 Å². The Morgan fingerprint density at radius 3 is 0.900 bits per heavy atom. The Morgan fingerprint density at radius 2 is 0.633 bits per heavy atom. The molecular formula is C44H28N8O8. The Balaban J connectivity index is 1.42. The number of rotatable bonds is 8. The van der Waals surface area contributed by atoms with Crippen LogP contribution in [-0.2, 0) is 12.8 Å². The van der Waals surface area contributed by atoms with E-state index >= 15 is 0 Å². The van der Waals surface area contributed by atoms with Crippen LogP contribution >= 0.6 is 0 Å². The van der Waals surface area contributed by atoms with Crippen molar-refractivity contribution < 1.29 is 19.7 Å². The van der Waals surface area contributed by atoms with Gasteiger partial charge in [-0.1, -0.05) is 12.2 Å². The maximum atomic E-state index is 11.6. The summed E-state index contributed by atoms with van der Waals surface area (Å²) in [7, 11) is 0. The molecule has 16 heteroatoms. The van der Waals surface area contributed by atoms with Gasteiger partial charge in [0.1, 0.15) is 0 Å². The van der Waals surface area contributed by atoms with Crippen LogP contribution < -0.4 is 10.7 Å². The number of fused-ring (bicyclic) bond motifs is 8. The molecule has 5 heterocycles. The van der Waals surface area contributed by atoms with Crippen molar-refractivity contribution in [3.8, 4) is 44.5 Å². The van der Waals surface area contributed by atoms with Crippen molar-refractivity contribution in [1.29, 1.82) is 0 Å². The molecule has 16 nitrogen and oxygen atoms in total. The van der Waals surface area contributed by atoms with Crippen LogP contribution in [0.15, 0.2) is 97.1 Å². The fourth-order valence-electron chi connectivity index (χ4n) is 7.71. The number of hydrogen-bond donors (Lipinski definition) is 2. The zero-order chi connectivity index (χ0) is 41.7. The lowest BCUT2D eigenvalue weighted by atomic mass is 10.0. The standard InChI is InChI=1S/C44H28N8O8/c53-49(54)29-9-1-25(2-10-29)41-33-17-19-35(45-33)42(26-3-11-30(12-4-26)50(55)56)37-21-23-39(47-37)44(28-7-15-32(16-8-28)52(59)60)40-24-22-38(48-40)43(36-20-18-34(41)46-36)27-5-13-31(14-6-27)51(57)58/h1-19,22-24,46-47H,20-21H2. The Kier molecular flexibility index (Phi) is 9.05. The second-order valence-electron chi connectivity index (χ2n) is 14.0. The number of aromatic nitrogens is 4. The zero-order valence-corrected chi connectivity index (χ0v) is 31.1. The lowest BCUT2D eigenvalue weighted by Gasteiger charge is -2.08. The molecule has 8 bridgehead atoms. The molecule has 0 spiro atoms. The van der Waals surface area contributed by atoms with E-state index < -0.39 is 19.7 Å². The molecule has 0 aliphatic carbocycles. The van der Waals surface area contributed by atoms with Crippen LogP contribution in [0.3, 0.4) is 0 Å². The molecule has 0 amide bonds. The number of hydrogen-bond acceptors (Lipinski definition) is 10. The Morgan fingerprint density at radius 1 is 0.383 bits per heavy atom. The minimum Gasteiger partial charge on any atom is -0.358 e. The molecule has 60 heavy (non-hydrogen) atoms. The van der Waals surface area contributed by atoms with E-state index in [1.165, 1.54) is 48.5 Å². The molecule has 0 fully saturated rings. The number of nitrogens with one attached hydrogen (secondary N) is 2. The molecule has 4 aliphatic heterocycles. The highest BCUT2D eigenvalue weighted by molar-refractivity contribution is 5.90. The van der Waals surface area contributed by atoms with Crippen molar-refractivity contribution in [1.82, 2.24) is 19.9 Å². The molecule has 0 radical (unpaired) electrons. The topological polar surface area (TPSA) is 230 Å². The number of nitro groups is 4. The highest BCUT2D eigenvalue weighted by atomic mass is 16.6. The van der Waals surface area contributed by atoms with Crippen molar-refractivity contribution >= 4 is 59.2 Å². The van der Waals surface area contributed by atoms with Crippen molar-refractivity contribution in [2.45, 2.75) is 12.8 Å². The van der Waals surface area contributed by atoms with Gasteiger partial charge in [-0.15, -0.1) is 0 Å². The van der Waals surface area contributed by atoms with Gasteiger partial charge >= 0.3 is 0 Å². The Labute approximate surface area is 337 Å². The molecular weight excluding hydrogens is 769 g/mol. The number of nitro benzene ring substituents is 4. The van der Waals surface area contributed by atoms with E-state index in [1.807, 2.05) is 36.5 Å². The van der Waals surface area contributed by atoms with Crippen LogP contribution in [0.1, 0.15) is 34.2 Å². The lowest BCUT2D eigenvalue weighted by Crippen LogP contribution is -2.08. The monoisotopic (exact) mass is 796 g/mol. The van der Waals surface area contributed by atoms with Crippen molar-refractivity contribution in [2.75, 3.05) is 0 Å². The maximum Gasteiger partial charge on any atom is 0.269 e. The van der Waals surface area contributed by atoms with Crippen molar-refractivity contribution in [2.24, 2.45) is 0 Å². The van der Waals surface area contributed by atoms with Gasteiger partial charge in [0.25, 0.3) is 22.7 Å². The third-order valence-corrected chi connectivity index (χ3v) is 10.5. The summed E-state index contributed by atoms with van der Waals surface area (Å²) in [6, 6.07) is 24.7. The first-order valence-corrected chi connectivity index (χ1v) is 18.5. The number of aromatic amines is 2.